The Morgan fingerprint density at radius 1 is 1.59 bits per heavy atom. The van der Waals surface area contributed by atoms with Gasteiger partial charge in [0.2, 0.25) is 0 Å². The van der Waals surface area contributed by atoms with Gasteiger partial charge in [0, 0.05) is 0 Å². The second-order valence-corrected chi connectivity index (χ2v) is 4.31. The van der Waals surface area contributed by atoms with Crippen molar-refractivity contribution in [3.63, 3.8) is 0 Å². The van der Waals surface area contributed by atoms with E-state index in [2.05, 4.69) is 10.4 Å². The molecule has 0 bridgehead atoms. The molecule has 0 aliphatic carbocycles. The average Bonchev–Trinajstić information content (AvgIpc) is 2.44. The minimum atomic E-state index is -2.81. The molecular formula is C9H14F2N4O2. The summed E-state index contributed by atoms with van der Waals surface area (Å²) in [5.41, 5.74) is 4.66. The maximum atomic E-state index is 12.3. The highest BCUT2D eigenvalue weighted by molar-refractivity contribution is 5.87. The van der Waals surface area contributed by atoms with Gasteiger partial charge in [0.1, 0.15) is 11.3 Å². The summed E-state index contributed by atoms with van der Waals surface area (Å²) in [7, 11) is 0. The van der Waals surface area contributed by atoms with Crippen molar-refractivity contribution in [2.45, 2.75) is 32.9 Å². The monoisotopic (exact) mass is 248 g/mol. The summed E-state index contributed by atoms with van der Waals surface area (Å²) in [6.45, 7) is 2.22. The van der Waals surface area contributed by atoms with Gasteiger partial charge in [0.15, 0.2) is 5.82 Å². The molecule has 0 aliphatic rings. The van der Waals surface area contributed by atoms with Crippen molar-refractivity contribution in [1.29, 1.82) is 0 Å². The molecule has 6 nitrogen and oxygen atoms in total. The van der Waals surface area contributed by atoms with Crippen molar-refractivity contribution in [1.82, 2.24) is 9.78 Å². The lowest BCUT2D eigenvalue weighted by atomic mass is 10.2. The number of alkyl halides is 2. The molecule has 0 atom stereocenters. The molecular weight excluding hydrogens is 234 g/mol. The average molecular weight is 248 g/mol. The lowest BCUT2D eigenvalue weighted by molar-refractivity contribution is 0.0566. The molecule has 17 heavy (non-hydrogen) atoms. The quantitative estimate of drug-likeness (QED) is 0.840. The zero-order chi connectivity index (χ0) is 13.2. The minimum absolute atomic E-state index is 0.0143. The van der Waals surface area contributed by atoms with Gasteiger partial charge < -0.3 is 10.5 Å². The van der Waals surface area contributed by atoms with E-state index in [-0.39, 0.29) is 11.5 Å². The van der Waals surface area contributed by atoms with E-state index < -0.39 is 18.2 Å². The van der Waals surface area contributed by atoms with Gasteiger partial charge in [-0.25, -0.2) is 9.48 Å². The first-order valence-electron chi connectivity index (χ1n) is 4.82. The van der Waals surface area contributed by atoms with Crippen molar-refractivity contribution in [3.05, 3.63) is 6.20 Å². The molecule has 1 amide bonds. The molecule has 3 N–H and O–H groups in total. The molecule has 0 saturated carbocycles. The Hall–Kier alpha value is -1.86. The fourth-order valence-corrected chi connectivity index (χ4v) is 1.02. The van der Waals surface area contributed by atoms with E-state index in [0.717, 1.165) is 6.20 Å². The van der Waals surface area contributed by atoms with E-state index in [0.29, 0.717) is 4.68 Å². The number of nitrogen functional groups attached to an aromatic ring is 1. The molecule has 1 rings (SSSR count). The standard InChI is InChI=1S/C9H14F2N4O2/c1-9(2,3)17-8(16)13-5-4-15(7(10)11)14-6(5)12/h4,7H,1-3H3,(H2,12,14)(H,13,16). The molecule has 8 heteroatoms. The summed E-state index contributed by atoms with van der Waals surface area (Å²) in [6, 6.07) is 0. The Balaban J connectivity index is 2.72. The highest BCUT2D eigenvalue weighted by Crippen LogP contribution is 2.21. The van der Waals surface area contributed by atoms with Crippen LogP contribution in [0.15, 0.2) is 6.20 Å². The van der Waals surface area contributed by atoms with E-state index in [4.69, 9.17) is 10.5 Å². The highest BCUT2D eigenvalue weighted by atomic mass is 19.3. The van der Waals surface area contributed by atoms with Crippen LogP contribution in [0.25, 0.3) is 0 Å². The van der Waals surface area contributed by atoms with Gasteiger partial charge in [-0.2, -0.15) is 8.78 Å². The fourth-order valence-electron chi connectivity index (χ4n) is 1.02. The SMILES string of the molecule is CC(C)(C)OC(=O)Nc1cn(C(F)F)nc1N. The van der Waals surface area contributed by atoms with Gasteiger partial charge in [0.05, 0.1) is 6.20 Å². The molecule has 1 aromatic heterocycles. The second-order valence-electron chi connectivity index (χ2n) is 4.31. The number of carbonyl (C=O) groups excluding carboxylic acids is 1. The Morgan fingerprint density at radius 3 is 2.59 bits per heavy atom. The number of amides is 1. The van der Waals surface area contributed by atoms with Crippen LogP contribution >= 0.6 is 0 Å². The summed E-state index contributed by atoms with van der Waals surface area (Å²) in [5.74, 6) is -0.198. The molecule has 1 aromatic rings. The Kier molecular flexibility index (Phi) is 3.54. The summed E-state index contributed by atoms with van der Waals surface area (Å²) >= 11 is 0. The maximum absolute atomic E-state index is 12.3. The Labute approximate surface area is 96.7 Å². The number of aromatic nitrogens is 2. The Morgan fingerprint density at radius 2 is 2.18 bits per heavy atom. The lowest BCUT2D eigenvalue weighted by Crippen LogP contribution is -2.27. The number of rotatable bonds is 2. The number of nitrogens with two attached hydrogens (primary N) is 1. The van der Waals surface area contributed by atoms with Crippen molar-refractivity contribution in [2.24, 2.45) is 0 Å². The van der Waals surface area contributed by atoms with E-state index in [1.165, 1.54) is 0 Å². The van der Waals surface area contributed by atoms with E-state index in [9.17, 15) is 13.6 Å². The minimum Gasteiger partial charge on any atom is -0.444 e. The topological polar surface area (TPSA) is 82.2 Å². The molecule has 0 fully saturated rings. The maximum Gasteiger partial charge on any atom is 0.412 e. The normalized spacial score (nSPS) is 11.6. The van der Waals surface area contributed by atoms with Gasteiger partial charge in [-0.1, -0.05) is 0 Å². The third-order valence-corrected chi connectivity index (χ3v) is 1.60. The molecule has 0 saturated heterocycles. The molecule has 0 spiro atoms. The van der Waals surface area contributed by atoms with E-state index >= 15 is 0 Å². The first-order chi connectivity index (χ1) is 7.69. The molecule has 0 unspecified atom stereocenters. The van der Waals surface area contributed by atoms with Gasteiger partial charge >= 0.3 is 12.6 Å². The van der Waals surface area contributed by atoms with Crippen LogP contribution in [-0.4, -0.2) is 21.5 Å². The van der Waals surface area contributed by atoms with Crippen LogP contribution in [0, 0.1) is 0 Å². The molecule has 0 aliphatic heterocycles. The van der Waals surface area contributed by atoms with Gasteiger partial charge in [0.25, 0.3) is 0 Å². The third kappa shape index (κ3) is 3.89. The number of hydrogen-bond donors (Lipinski definition) is 2. The summed E-state index contributed by atoms with van der Waals surface area (Å²) in [4.78, 5) is 11.3. The molecule has 1 heterocycles. The van der Waals surface area contributed by atoms with E-state index in [1.807, 2.05) is 0 Å². The fraction of sp³-hybridized carbons (Fsp3) is 0.556. The zero-order valence-corrected chi connectivity index (χ0v) is 9.70. The van der Waals surface area contributed by atoms with Crippen LogP contribution in [0.2, 0.25) is 0 Å². The Bertz CT molecular complexity index is 412. The van der Waals surface area contributed by atoms with Crippen LogP contribution < -0.4 is 11.1 Å². The van der Waals surface area contributed by atoms with Crippen molar-refractivity contribution in [3.8, 4) is 0 Å². The first-order valence-corrected chi connectivity index (χ1v) is 4.82. The number of ether oxygens (including phenoxy) is 1. The van der Waals surface area contributed by atoms with Crippen LogP contribution in [0.3, 0.4) is 0 Å². The number of anilines is 2. The van der Waals surface area contributed by atoms with Crippen LogP contribution in [-0.2, 0) is 4.74 Å². The third-order valence-electron chi connectivity index (χ3n) is 1.60. The largest absolute Gasteiger partial charge is 0.444 e. The number of nitrogens with zero attached hydrogens (tertiary/aromatic N) is 2. The van der Waals surface area contributed by atoms with Gasteiger partial charge in [-0.15, -0.1) is 5.10 Å². The number of nitrogens with one attached hydrogen (secondary N) is 1. The predicted octanol–water partition coefficient (Wildman–Crippen LogP) is 2.21. The summed E-state index contributed by atoms with van der Waals surface area (Å²) in [5, 5.41) is 5.57. The summed E-state index contributed by atoms with van der Waals surface area (Å²) in [6.07, 6.45) is 0.155. The van der Waals surface area contributed by atoms with Crippen molar-refractivity contribution >= 4 is 17.6 Å². The predicted molar refractivity (Wildman–Crippen MR) is 57.7 cm³/mol. The van der Waals surface area contributed by atoms with Crippen molar-refractivity contribution < 1.29 is 18.3 Å². The number of hydrogen-bond acceptors (Lipinski definition) is 4. The highest BCUT2D eigenvalue weighted by Gasteiger charge is 2.19. The van der Waals surface area contributed by atoms with E-state index in [1.54, 1.807) is 20.8 Å². The second kappa shape index (κ2) is 4.56. The smallest absolute Gasteiger partial charge is 0.412 e. The van der Waals surface area contributed by atoms with Crippen LogP contribution in [0.4, 0.5) is 25.1 Å². The zero-order valence-electron chi connectivity index (χ0n) is 9.70. The summed E-state index contributed by atoms with van der Waals surface area (Å²) < 4.78 is 29.8. The van der Waals surface area contributed by atoms with Gasteiger partial charge in [-0.3, -0.25) is 5.32 Å². The first kappa shape index (κ1) is 13.2. The van der Waals surface area contributed by atoms with Crippen LogP contribution in [0.5, 0.6) is 0 Å². The van der Waals surface area contributed by atoms with Gasteiger partial charge in [-0.05, 0) is 20.8 Å². The lowest BCUT2D eigenvalue weighted by Gasteiger charge is -2.19. The van der Waals surface area contributed by atoms with Crippen LogP contribution in [0.1, 0.15) is 27.3 Å². The number of carbonyl (C=O) groups is 1. The number of halogens is 2. The molecule has 0 aromatic carbocycles. The van der Waals surface area contributed by atoms with Crippen molar-refractivity contribution in [2.75, 3.05) is 11.1 Å². The molecule has 96 valence electrons. The molecule has 0 radical (unpaired) electrons.